The largest absolute Gasteiger partial charge is 0.490 e. The Kier molecular flexibility index (Phi) is 8.49. The standard InChI is InChI=1S/C26H25ClN2O4/c1-3-32-23-15-10-18(17-24(23)33-4-2)16-22(26(31)28-21-8-6-5-7-9-21)29-25(30)19-11-13-20(27)14-12-19/h5-17H,3-4H2,1-2H3,(H,28,31)(H,29,30). The SMILES string of the molecule is CCOc1ccc(C=C(NC(=O)c2ccc(Cl)cc2)C(=O)Nc2ccccc2)cc1OCC. The molecule has 0 spiro atoms. The van der Waals surface area contributed by atoms with Crippen molar-refractivity contribution in [2.75, 3.05) is 18.5 Å². The van der Waals surface area contributed by atoms with Gasteiger partial charge in [0.15, 0.2) is 11.5 Å². The summed E-state index contributed by atoms with van der Waals surface area (Å²) in [6.45, 7) is 4.73. The van der Waals surface area contributed by atoms with E-state index in [1.807, 2.05) is 32.0 Å². The van der Waals surface area contributed by atoms with Crippen LogP contribution in [0.25, 0.3) is 6.08 Å². The summed E-state index contributed by atoms with van der Waals surface area (Å²) in [6.07, 6.45) is 1.59. The van der Waals surface area contributed by atoms with Gasteiger partial charge in [0.2, 0.25) is 0 Å². The molecule has 0 bridgehead atoms. The average molecular weight is 465 g/mol. The van der Waals surface area contributed by atoms with Gasteiger partial charge in [-0.1, -0.05) is 35.9 Å². The van der Waals surface area contributed by atoms with E-state index >= 15 is 0 Å². The minimum absolute atomic E-state index is 0.0745. The molecule has 3 aromatic rings. The monoisotopic (exact) mass is 464 g/mol. The minimum Gasteiger partial charge on any atom is -0.490 e. The van der Waals surface area contributed by atoms with Gasteiger partial charge in [0, 0.05) is 16.3 Å². The number of nitrogens with one attached hydrogen (secondary N) is 2. The smallest absolute Gasteiger partial charge is 0.272 e. The van der Waals surface area contributed by atoms with Gasteiger partial charge >= 0.3 is 0 Å². The van der Waals surface area contributed by atoms with Crippen molar-refractivity contribution >= 4 is 35.2 Å². The normalized spacial score (nSPS) is 10.9. The molecule has 3 rings (SSSR count). The van der Waals surface area contributed by atoms with Crippen LogP contribution in [-0.2, 0) is 4.79 Å². The third kappa shape index (κ3) is 6.85. The summed E-state index contributed by atoms with van der Waals surface area (Å²) in [5.74, 6) is 0.268. The van der Waals surface area contributed by atoms with Crippen molar-refractivity contribution in [2.24, 2.45) is 0 Å². The maximum atomic E-state index is 13.0. The molecule has 0 heterocycles. The Hall–Kier alpha value is -3.77. The number of amides is 2. The Morgan fingerprint density at radius 2 is 1.55 bits per heavy atom. The maximum Gasteiger partial charge on any atom is 0.272 e. The zero-order valence-corrected chi connectivity index (χ0v) is 19.2. The van der Waals surface area contributed by atoms with Crippen LogP contribution in [0, 0.1) is 0 Å². The summed E-state index contributed by atoms with van der Waals surface area (Å²) < 4.78 is 11.3. The van der Waals surface area contributed by atoms with E-state index in [4.69, 9.17) is 21.1 Å². The highest BCUT2D eigenvalue weighted by Gasteiger charge is 2.16. The number of benzene rings is 3. The summed E-state index contributed by atoms with van der Waals surface area (Å²) in [6, 6.07) is 20.7. The minimum atomic E-state index is -0.463. The molecule has 0 saturated heterocycles. The first-order valence-corrected chi connectivity index (χ1v) is 10.9. The summed E-state index contributed by atoms with van der Waals surface area (Å²) in [5.41, 5.74) is 1.72. The predicted octanol–water partition coefficient (Wildman–Crippen LogP) is 5.55. The molecule has 0 aliphatic rings. The molecule has 0 aliphatic carbocycles. The molecule has 0 saturated carbocycles. The molecule has 0 unspecified atom stereocenters. The van der Waals surface area contributed by atoms with Crippen LogP contribution < -0.4 is 20.1 Å². The molecule has 6 nitrogen and oxygen atoms in total. The van der Waals surface area contributed by atoms with Crippen molar-refractivity contribution in [1.82, 2.24) is 5.32 Å². The first kappa shape index (κ1) is 23.9. The predicted molar refractivity (Wildman–Crippen MR) is 131 cm³/mol. The second-order valence-corrected chi connectivity index (χ2v) is 7.35. The second kappa shape index (κ2) is 11.7. The van der Waals surface area contributed by atoms with Gasteiger partial charge in [-0.2, -0.15) is 0 Å². The molecule has 3 aromatic carbocycles. The van der Waals surface area contributed by atoms with Gasteiger partial charge in [-0.05, 0) is 74.0 Å². The lowest BCUT2D eigenvalue weighted by Gasteiger charge is -2.13. The third-order valence-electron chi connectivity index (χ3n) is 4.51. The number of para-hydroxylation sites is 1. The molecule has 2 amide bonds. The van der Waals surface area contributed by atoms with Gasteiger partial charge in [0.25, 0.3) is 11.8 Å². The molecular formula is C26H25ClN2O4. The van der Waals surface area contributed by atoms with Crippen molar-refractivity contribution in [3.05, 3.63) is 94.6 Å². The molecule has 7 heteroatoms. The number of anilines is 1. The van der Waals surface area contributed by atoms with E-state index in [1.54, 1.807) is 60.7 Å². The van der Waals surface area contributed by atoms with Gasteiger partial charge < -0.3 is 20.1 Å². The van der Waals surface area contributed by atoms with E-state index in [1.165, 1.54) is 0 Å². The zero-order valence-electron chi connectivity index (χ0n) is 18.4. The van der Waals surface area contributed by atoms with Crippen LogP contribution in [0.15, 0.2) is 78.5 Å². The molecule has 0 fully saturated rings. The van der Waals surface area contributed by atoms with Gasteiger partial charge in [0.1, 0.15) is 5.70 Å². The van der Waals surface area contributed by atoms with E-state index in [9.17, 15) is 9.59 Å². The Morgan fingerprint density at radius 3 is 2.21 bits per heavy atom. The van der Waals surface area contributed by atoms with Crippen molar-refractivity contribution < 1.29 is 19.1 Å². The van der Waals surface area contributed by atoms with Crippen LogP contribution in [0.3, 0.4) is 0 Å². The number of ether oxygens (including phenoxy) is 2. The lowest BCUT2D eigenvalue weighted by Crippen LogP contribution is -2.30. The lowest BCUT2D eigenvalue weighted by molar-refractivity contribution is -0.113. The van der Waals surface area contributed by atoms with Crippen molar-refractivity contribution in [3.8, 4) is 11.5 Å². The first-order valence-electron chi connectivity index (χ1n) is 10.5. The summed E-state index contributed by atoms with van der Waals surface area (Å²) in [7, 11) is 0. The molecule has 33 heavy (non-hydrogen) atoms. The Labute approximate surface area is 198 Å². The van der Waals surface area contributed by atoms with Gasteiger partial charge in [0.05, 0.1) is 13.2 Å². The number of rotatable bonds is 9. The van der Waals surface area contributed by atoms with Crippen LogP contribution in [0.5, 0.6) is 11.5 Å². The van der Waals surface area contributed by atoms with Gasteiger partial charge in [-0.3, -0.25) is 9.59 Å². The summed E-state index contributed by atoms with van der Waals surface area (Å²) >= 11 is 5.92. The number of hydrogen-bond acceptors (Lipinski definition) is 4. The first-order chi connectivity index (χ1) is 16.0. The fourth-order valence-corrected chi connectivity index (χ4v) is 3.12. The zero-order chi connectivity index (χ0) is 23.6. The fraction of sp³-hybridized carbons (Fsp3) is 0.154. The molecule has 0 aliphatic heterocycles. The summed E-state index contributed by atoms with van der Waals surface area (Å²) in [4.78, 5) is 25.8. The summed E-state index contributed by atoms with van der Waals surface area (Å²) in [5, 5.41) is 6.02. The van der Waals surface area contributed by atoms with Gasteiger partial charge in [-0.15, -0.1) is 0 Å². The molecule has 0 radical (unpaired) electrons. The van der Waals surface area contributed by atoms with Crippen LogP contribution in [-0.4, -0.2) is 25.0 Å². The van der Waals surface area contributed by atoms with E-state index in [2.05, 4.69) is 10.6 Å². The second-order valence-electron chi connectivity index (χ2n) is 6.91. The van der Waals surface area contributed by atoms with Crippen molar-refractivity contribution in [3.63, 3.8) is 0 Å². The van der Waals surface area contributed by atoms with Crippen LogP contribution in [0.4, 0.5) is 5.69 Å². The van der Waals surface area contributed by atoms with Crippen LogP contribution in [0.2, 0.25) is 5.02 Å². The Morgan fingerprint density at radius 1 is 0.879 bits per heavy atom. The molecule has 170 valence electrons. The number of halogens is 1. The van der Waals surface area contributed by atoms with E-state index < -0.39 is 11.8 Å². The third-order valence-corrected chi connectivity index (χ3v) is 4.76. The van der Waals surface area contributed by atoms with Crippen molar-refractivity contribution in [2.45, 2.75) is 13.8 Å². The van der Waals surface area contributed by atoms with E-state index in [-0.39, 0.29) is 5.70 Å². The molecule has 2 N–H and O–H groups in total. The average Bonchev–Trinajstić information content (AvgIpc) is 2.81. The lowest BCUT2D eigenvalue weighted by atomic mass is 10.1. The van der Waals surface area contributed by atoms with E-state index in [0.717, 1.165) is 0 Å². The van der Waals surface area contributed by atoms with Gasteiger partial charge in [-0.25, -0.2) is 0 Å². The van der Waals surface area contributed by atoms with Crippen molar-refractivity contribution in [1.29, 1.82) is 0 Å². The molecule has 0 atom stereocenters. The fourth-order valence-electron chi connectivity index (χ4n) is 3.00. The number of carbonyl (C=O) groups excluding carboxylic acids is 2. The highest BCUT2D eigenvalue weighted by molar-refractivity contribution is 6.30. The quantitative estimate of drug-likeness (QED) is 0.407. The van der Waals surface area contributed by atoms with E-state index in [0.29, 0.717) is 46.5 Å². The molecule has 0 aromatic heterocycles. The molecular weight excluding hydrogens is 440 g/mol. The Bertz CT molecular complexity index is 1130. The topological polar surface area (TPSA) is 76.7 Å². The maximum absolute atomic E-state index is 13.0. The number of carbonyl (C=O) groups is 2. The van der Waals surface area contributed by atoms with Crippen LogP contribution >= 0.6 is 11.6 Å². The van der Waals surface area contributed by atoms with Crippen LogP contribution in [0.1, 0.15) is 29.8 Å². The highest BCUT2D eigenvalue weighted by atomic mass is 35.5. The Balaban J connectivity index is 1.93. The highest BCUT2D eigenvalue weighted by Crippen LogP contribution is 2.29. The number of hydrogen-bond donors (Lipinski definition) is 2.